The molecule has 0 aliphatic carbocycles. The maximum absolute atomic E-state index is 11.3. The highest BCUT2D eigenvalue weighted by atomic mass is 127. The lowest BCUT2D eigenvalue weighted by molar-refractivity contribution is -0.120. The van der Waals surface area contributed by atoms with Crippen LogP contribution in [0.15, 0.2) is 18.2 Å². The van der Waals surface area contributed by atoms with E-state index in [1.165, 1.54) is 5.69 Å². The molecule has 1 aromatic rings. The van der Waals surface area contributed by atoms with Crippen molar-refractivity contribution in [1.82, 2.24) is 0 Å². The molecular weight excluding hydrogens is 336 g/mol. The van der Waals surface area contributed by atoms with Gasteiger partial charge >= 0.3 is 0 Å². The fourth-order valence-electron chi connectivity index (χ4n) is 2.08. The quantitative estimate of drug-likeness (QED) is 0.723. The molecule has 0 saturated carbocycles. The summed E-state index contributed by atoms with van der Waals surface area (Å²) in [6.07, 6.45) is 1.31. The summed E-state index contributed by atoms with van der Waals surface area (Å²) in [5, 5.41) is 0.758. The number of piperidine rings is 1. The van der Waals surface area contributed by atoms with Crippen LogP contribution >= 0.6 is 34.2 Å². The molecule has 16 heavy (non-hydrogen) atoms. The van der Waals surface area contributed by atoms with Crippen LogP contribution in [-0.2, 0) is 4.79 Å². The molecule has 1 heterocycles. The van der Waals surface area contributed by atoms with Gasteiger partial charge in [-0.1, -0.05) is 11.6 Å². The second-order valence-corrected chi connectivity index (χ2v) is 5.73. The van der Waals surface area contributed by atoms with Gasteiger partial charge < -0.3 is 4.90 Å². The Morgan fingerprint density at radius 3 is 2.88 bits per heavy atom. The number of benzene rings is 1. The number of Topliss-reactive ketones (excluding diaryl/α,β-unsaturated/α-hetero) is 1. The van der Waals surface area contributed by atoms with Gasteiger partial charge in [-0.25, -0.2) is 0 Å². The van der Waals surface area contributed by atoms with Gasteiger partial charge in [0.2, 0.25) is 0 Å². The van der Waals surface area contributed by atoms with Crippen LogP contribution in [0.1, 0.15) is 19.8 Å². The summed E-state index contributed by atoms with van der Waals surface area (Å²) >= 11 is 8.23. The van der Waals surface area contributed by atoms with Gasteiger partial charge in [-0.15, -0.1) is 0 Å². The number of carbonyl (C=O) groups is 1. The lowest BCUT2D eigenvalue weighted by Crippen LogP contribution is -2.41. The number of hydrogen-bond acceptors (Lipinski definition) is 2. The second kappa shape index (κ2) is 4.92. The van der Waals surface area contributed by atoms with Gasteiger partial charge in [0.25, 0.3) is 0 Å². The van der Waals surface area contributed by atoms with Crippen LogP contribution in [0.4, 0.5) is 5.69 Å². The molecule has 2 nitrogen and oxygen atoms in total. The SMILES string of the molecule is CC1CC(=O)CCN1c1ccc(Cl)cc1I. The largest absolute Gasteiger partial charge is 0.367 e. The third-order valence-corrected chi connectivity index (χ3v) is 4.00. The Kier molecular flexibility index (Phi) is 3.74. The molecule has 1 aliphatic rings. The summed E-state index contributed by atoms with van der Waals surface area (Å²) in [4.78, 5) is 13.6. The lowest BCUT2D eigenvalue weighted by atomic mass is 10.0. The van der Waals surface area contributed by atoms with Crippen LogP contribution in [0.25, 0.3) is 0 Å². The van der Waals surface area contributed by atoms with Crippen molar-refractivity contribution in [1.29, 1.82) is 0 Å². The molecule has 1 aromatic carbocycles. The lowest BCUT2D eigenvalue weighted by Gasteiger charge is -2.35. The molecule has 1 unspecified atom stereocenters. The third kappa shape index (κ3) is 2.51. The smallest absolute Gasteiger partial charge is 0.136 e. The fourth-order valence-corrected chi connectivity index (χ4v) is 3.26. The number of carbonyl (C=O) groups excluding carboxylic acids is 1. The summed E-state index contributed by atoms with van der Waals surface area (Å²) in [5.74, 6) is 0.368. The van der Waals surface area contributed by atoms with Crippen LogP contribution in [0, 0.1) is 3.57 Å². The first-order valence-corrected chi connectivity index (χ1v) is 6.77. The highest BCUT2D eigenvalue weighted by Crippen LogP contribution is 2.29. The van der Waals surface area contributed by atoms with Crippen molar-refractivity contribution < 1.29 is 4.79 Å². The first-order chi connectivity index (χ1) is 7.58. The highest BCUT2D eigenvalue weighted by Gasteiger charge is 2.24. The van der Waals surface area contributed by atoms with Gasteiger partial charge in [0.1, 0.15) is 5.78 Å². The van der Waals surface area contributed by atoms with E-state index in [1.54, 1.807) is 0 Å². The summed E-state index contributed by atoms with van der Waals surface area (Å²) in [6.45, 7) is 2.92. The van der Waals surface area contributed by atoms with Crippen LogP contribution in [0.2, 0.25) is 5.02 Å². The molecule has 4 heteroatoms. The van der Waals surface area contributed by atoms with E-state index in [0.717, 1.165) is 15.1 Å². The Morgan fingerprint density at radius 2 is 2.25 bits per heavy atom. The number of rotatable bonds is 1. The molecule has 0 radical (unpaired) electrons. The minimum absolute atomic E-state index is 0.288. The Balaban J connectivity index is 2.26. The fraction of sp³-hybridized carbons (Fsp3) is 0.417. The Hall–Kier alpha value is -0.290. The second-order valence-electron chi connectivity index (χ2n) is 4.13. The zero-order chi connectivity index (χ0) is 11.7. The Bertz CT molecular complexity index is 421. The molecular formula is C12H13ClINO. The highest BCUT2D eigenvalue weighted by molar-refractivity contribution is 14.1. The van der Waals surface area contributed by atoms with E-state index in [0.29, 0.717) is 18.6 Å². The van der Waals surface area contributed by atoms with Crippen molar-refractivity contribution in [2.45, 2.75) is 25.8 Å². The van der Waals surface area contributed by atoms with Crippen LogP contribution < -0.4 is 4.90 Å². The number of ketones is 1. The van der Waals surface area contributed by atoms with Crippen LogP contribution in [0.3, 0.4) is 0 Å². The molecule has 86 valence electrons. The van der Waals surface area contributed by atoms with Gasteiger partial charge in [-0.05, 0) is 47.7 Å². The zero-order valence-electron chi connectivity index (χ0n) is 9.04. The van der Waals surface area contributed by atoms with Gasteiger partial charge in [0.15, 0.2) is 0 Å². The predicted molar refractivity (Wildman–Crippen MR) is 75.2 cm³/mol. The first kappa shape index (κ1) is 12.2. The molecule has 1 saturated heterocycles. The van der Waals surface area contributed by atoms with Crippen molar-refractivity contribution in [3.8, 4) is 0 Å². The number of anilines is 1. The molecule has 0 amide bonds. The molecule has 1 fully saturated rings. The first-order valence-electron chi connectivity index (χ1n) is 5.31. The maximum Gasteiger partial charge on any atom is 0.136 e. The van der Waals surface area contributed by atoms with Crippen molar-refractivity contribution in [3.05, 3.63) is 26.8 Å². The van der Waals surface area contributed by atoms with Gasteiger partial charge in [-0.3, -0.25) is 4.79 Å². The summed E-state index contributed by atoms with van der Waals surface area (Å²) in [5.41, 5.74) is 1.19. The average molecular weight is 350 g/mol. The topological polar surface area (TPSA) is 20.3 Å². The van der Waals surface area contributed by atoms with Crippen molar-refractivity contribution in [2.24, 2.45) is 0 Å². The monoisotopic (exact) mass is 349 g/mol. The Labute approximate surface area is 114 Å². The van der Waals surface area contributed by atoms with E-state index in [-0.39, 0.29) is 6.04 Å². The third-order valence-electron chi connectivity index (χ3n) is 2.91. The molecule has 0 bridgehead atoms. The number of nitrogens with zero attached hydrogens (tertiary/aromatic N) is 1. The minimum Gasteiger partial charge on any atom is -0.367 e. The minimum atomic E-state index is 0.288. The molecule has 0 spiro atoms. The zero-order valence-corrected chi connectivity index (χ0v) is 12.0. The average Bonchev–Trinajstić information content (AvgIpc) is 2.19. The van der Waals surface area contributed by atoms with Crippen molar-refractivity contribution >= 4 is 45.7 Å². The van der Waals surface area contributed by atoms with E-state index in [9.17, 15) is 4.79 Å². The summed E-state index contributed by atoms with van der Waals surface area (Å²) in [6, 6.07) is 6.19. The summed E-state index contributed by atoms with van der Waals surface area (Å²) < 4.78 is 1.14. The molecule has 1 aliphatic heterocycles. The van der Waals surface area contributed by atoms with Crippen molar-refractivity contribution in [2.75, 3.05) is 11.4 Å². The van der Waals surface area contributed by atoms with E-state index in [2.05, 4.69) is 34.4 Å². The van der Waals surface area contributed by atoms with Gasteiger partial charge in [-0.2, -0.15) is 0 Å². The van der Waals surface area contributed by atoms with Gasteiger partial charge in [0.05, 0.1) is 5.69 Å². The molecule has 0 N–H and O–H groups in total. The number of hydrogen-bond donors (Lipinski definition) is 0. The van der Waals surface area contributed by atoms with E-state index >= 15 is 0 Å². The molecule has 0 aromatic heterocycles. The maximum atomic E-state index is 11.3. The molecule has 1 atom stereocenters. The summed E-state index contributed by atoms with van der Waals surface area (Å²) in [7, 11) is 0. The van der Waals surface area contributed by atoms with E-state index in [4.69, 9.17) is 11.6 Å². The van der Waals surface area contributed by atoms with Crippen molar-refractivity contribution in [3.63, 3.8) is 0 Å². The molecule has 2 rings (SSSR count). The Morgan fingerprint density at radius 1 is 1.50 bits per heavy atom. The van der Waals surface area contributed by atoms with E-state index < -0.39 is 0 Å². The van der Waals surface area contributed by atoms with E-state index in [1.807, 2.05) is 18.2 Å². The standard InChI is InChI=1S/C12H13ClINO/c1-8-6-10(16)4-5-15(8)12-3-2-9(13)7-11(12)14/h2-3,7-8H,4-6H2,1H3. The number of halogens is 2. The van der Waals surface area contributed by atoms with Gasteiger partial charge in [0, 0.05) is 34.0 Å². The van der Waals surface area contributed by atoms with Crippen LogP contribution in [0.5, 0.6) is 0 Å². The predicted octanol–water partition coefficient (Wildman–Crippen LogP) is 3.50. The van der Waals surface area contributed by atoms with Crippen LogP contribution in [-0.4, -0.2) is 18.4 Å². The normalized spacial score (nSPS) is 21.3.